The van der Waals surface area contributed by atoms with Crippen LogP contribution < -0.4 is 9.47 Å². The number of ether oxygens (including phenoxy) is 2. The lowest BCUT2D eigenvalue weighted by Crippen LogP contribution is -2.15. The van der Waals surface area contributed by atoms with Gasteiger partial charge in [-0.05, 0) is 78.2 Å². The van der Waals surface area contributed by atoms with Gasteiger partial charge in [0.2, 0.25) is 5.82 Å². The Labute approximate surface area is 321 Å². The molecule has 0 radical (unpaired) electrons. The summed E-state index contributed by atoms with van der Waals surface area (Å²) in [6.07, 6.45) is 4.93. The van der Waals surface area contributed by atoms with Gasteiger partial charge in [-0.3, -0.25) is 9.13 Å². The summed E-state index contributed by atoms with van der Waals surface area (Å²) in [6, 6.07) is 44.8. The van der Waals surface area contributed by atoms with Crippen molar-refractivity contribution in [3.8, 4) is 46.0 Å². The van der Waals surface area contributed by atoms with Gasteiger partial charge in [0.25, 0.3) is 0 Å². The van der Waals surface area contributed by atoms with Crippen molar-refractivity contribution in [1.29, 1.82) is 0 Å². The number of nitrogens with zero attached hydrogens (tertiary/aromatic N) is 8. The predicted octanol–water partition coefficient (Wildman–Crippen LogP) is 10.8. The molecule has 0 aliphatic rings. The molecule has 0 saturated heterocycles. The minimum atomic E-state index is -0.419. The number of fused-ring (bicyclic) bond motifs is 6. The van der Waals surface area contributed by atoms with Crippen molar-refractivity contribution < 1.29 is 9.47 Å². The van der Waals surface area contributed by atoms with Crippen LogP contribution in [-0.4, -0.2) is 39.5 Å². The summed E-state index contributed by atoms with van der Waals surface area (Å²) >= 11 is 0. The third-order valence-electron chi connectivity index (χ3n) is 9.99. The molecule has 0 N–H and O–H groups in total. The molecular formula is C46H34N8O2. The van der Waals surface area contributed by atoms with Gasteiger partial charge in [0, 0.05) is 57.2 Å². The first kappa shape index (κ1) is 33.1. The summed E-state index contributed by atoms with van der Waals surface area (Å²) in [5, 5.41) is 21.1. The van der Waals surface area contributed by atoms with Crippen molar-refractivity contribution in [2.24, 2.45) is 0 Å². The topological polar surface area (TPSA) is 106 Å². The van der Waals surface area contributed by atoms with Gasteiger partial charge < -0.3 is 9.47 Å². The number of benzene rings is 5. The summed E-state index contributed by atoms with van der Waals surface area (Å²) in [5.74, 6) is 4.49. The number of rotatable bonds is 7. The lowest BCUT2D eigenvalue weighted by Gasteiger charge is -2.26. The van der Waals surface area contributed by atoms with Gasteiger partial charge in [0.15, 0.2) is 6.33 Å². The van der Waals surface area contributed by atoms with Crippen LogP contribution in [0.3, 0.4) is 0 Å². The van der Waals surface area contributed by atoms with Gasteiger partial charge in [-0.1, -0.05) is 69.3 Å². The smallest absolute Gasteiger partial charge is 0.203 e. The van der Waals surface area contributed by atoms with Crippen LogP contribution in [0.2, 0.25) is 0 Å². The van der Waals surface area contributed by atoms with Crippen molar-refractivity contribution >= 4 is 43.6 Å². The quantitative estimate of drug-likeness (QED) is 0.160. The van der Waals surface area contributed by atoms with Crippen molar-refractivity contribution in [2.45, 2.75) is 26.2 Å². The minimum absolute atomic E-state index is 0.346. The Balaban J connectivity index is 1.14. The molecule has 0 saturated carbocycles. The first-order valence-electron chi connectivity index (χ1n) is 18.3. The van der Waals surface area contributed by atoms with Crippen molar-refractivity contribution in [3.63, 3.8) is 0 Å². The fraction of sp³-hybridized carbons (Fsp3) is 0.0870. The lowest BCUT2D eigenvalue weighted by molar-refractivity contribution is 0.422. The third-order valence-corrected chi connectivity index (χ3v) is 9.99. The van der Waals surface area contributed by atoms with E-state index in [0.717, 1.165) is 60.8 Å². The first-order chi connectivity index (χ1) is 27.4. The molecule has 0 bridgehead atoms. The van der Waals surface area contributed by atoms with E-state index in [-0.39, 0.29) is 0 Å². The average Bonchev–Trinajstić information content (AvgIpc) is 3.73. The Hall–Kier alpha value is -7.46. The first-order valence-corrected chi connectivity index (χ1v) is 18.3. The molecule has 5 aromatic carbocycles. The normalized spacial score (nSPS) is 11.8. The molecule has 10 nitrogen and oxygen atoms in total. The molecule has 0 atom stereocenters. The van der Waals surface area contributed by atoms with Crippen LogP contribution in [0.15, 0.2) is 152 Å². The molecule has 10 aromatic rings. The lowest BCUT2D eigenvalue weighted by atomic mass is 9.84. The summed E-state index contributed by atoms with van der Waals surface area (Å²) in [5.41, 5.74) is 5.17. The summed E-state index contributed by atoms with van der Waals surface area (Å²) in [4.78, 5) is 9.41. The Morgan fingerprint density at radius 1 is 0.482 bits per heavy atom. The zero-order valence-electron chi connectivity index (χ0n) is 30.8. The molecule has 5 aromatic heterocycles. The molecule has 0 spiro atoms. The van der Waals surface area contributed by atoms with E-state index >= 15 is 0 Å². The Kier molecular flexibility index (Phi) is 7.77. The number of hydrogen-bond donors (Lipinski definition) is 0. The Morgan fingerprint density at radius 3 is 1.41 bits per heavy atom. The molecule has 0 aliphatic carbocycles. The maximum Gasteiger partial charge on any atom is 0.203 e. The molecule has 5 heterocycles. The van der Waals surface area contributed by atoms with E-state index in [0.29, 0.717) is 34.4 Å². The molecule has 0 unspecified atom stereocenters. The summed E-state index contributed by atoms with van der Waals surface area (Å²) < 4.78 is 18.2. The zero-order valence-corrected chi connectivity index (χ0v) is 30.8. The maximum absolute atomic E-state index is 6.94. The van der Waals surface area contributed by atoms with Crippen molar-refractivity contribution in [3.05, 3.63) is 158 Å². The predicted molar refractivity (Wildman–Crippen MR) is 219 cm³/mol. The van der Waals surface area contributed by atoms with Gasteiger partial charge in [0.1, 0.15) is 34.6 Å². The van der Waals surface area contributed by atoms with Crippen LogP contribution in [0, 0.1) is 0 Å². The Morgan fingerprint density at radius 2 is 0.946 bits per heavy atom. The van der Waals surface area contributed by atoms with E-state index in [9.17, 15) is 0 Å². The minimum Gasteiger partial charge on any atom is -0.457 e. The van der Waals surface area contributed by atoms with Crippen molar-refractivity contribution in [1.82, 2.24) is 39.5 Å². The fourth-order valence-electron chi connectivity index (χ4n) is 7.69. The van der Waals surface area contributed by atoms with E-state index in [1.54, 1.807) is 0 Å². The van der Waals surface area contributed by atoms with Crippen LogP contribution in [-0.2, 0) is 5.41 Å². The second-order valence-electron chi connectivity index (χ2n) is 14.6. The summed E-state index contributed by atoms with van der Waals surface area (Å²) in [6.45, 7) is 6.44. The van der Waals surface area contributed by atoms with E-state index in [1.807, 2.05) is 85.2 Å². The van der Waals surface area contributed by atoms with Crippen LogP contribution in [0.25, 0.3) is 66.6 Å². The van der Waals surface area contributed by atoms with Crippen LogP contribution in [0.5, 0.6) is 23.0 Å². The third kappa shape index (κ3) is 5.66. The molecule has 10 heteroatoms. The molecule has 10 rings (SSSR count). The highest BCUT2D eigenvalue weighted by molar-refractivity contribution is 6.10. The van der Waals surface area contributed by atoms with E-state index in [4.69, 9.17) is 19.4 Å². The van der Waals surface area contributed by atoms with E-state index in [1.165, 1.54) is 6.33 Å². The number of aromatic nitrogens is 8. The van der Waals surface area contributed by atoms with Gasteiger partial charge in [0.05, 0.1) is 22.1 Å². The summed E-state index contributed by atoms with van der Waals surface area (Å²) in [7, 11) is 0. The highest BCUT2D eigenvalue weighted by Gasteiger charge is 2.28. The second kappa shape index (κ2) is 13.1. The van der Waals surface area contributed by atoms with Gasteiger partial charge in [-0.15, -0.1) is 20.4 Å². The largest absolute Gasteiger partial charge is 0.457 e. The van der Waals surface area contributed by atoms with Crippen LogP contribution in [0.4, 0.5) is 0 Å². The molecule has 270 valence electrons. The molecule has 56 heavy (non-hydrogen) atoms. The molecule has 0 amide bonds. The Bertz CT molecular complexity index is 2880. The van der Waals surface area contributed by atoms with E-state index < -0.39 is 5.41 Å². The number of hydrogen-bond acceptors (Lipinski definition) is 8. The van der Waals surface area contributed by atoms with Gasteiger partial charge >= 0.3 is 0 Å². The molecule has 0 fully saturated rings. The fourth-order valence-corrected chi connectivity index (χ4v) is 7.69. The maximum atomic E-state index is 6.94. The van der Waals surface area contributed by atoms with Gasteiger partial charge in [-0.25, -0.2) is 9.97 Å². The standard InChI is InChI=1S/C46H34N8O2/c1-46(2,3)44-40(55-30-18-20-34-32-12-4-6-14-36(32)53(38(34)26-30)42-16-8-10-22-47-42)24-29(45-51-49-28-50-52-45)25-41(44)56-31-19-21-35-33-13-5-7-15-37(33)54(39(35)27-31)43-17-9-11-23-48-43/h4-28H,1-3H3. The monoisotopic (exact) mass is 730 g/mol. The second-order valence-corrected chi connectivity index (χ2v) is 14.6. The SMILES string of the molecule is CC(C)(C)c1c(Oc2ccc3c4ccccc4n(-c4ccccn4)c3c2)cc(-c2nncnn2)cc1Oc1ccc2c3ccccc3n(-c3ccccn3)c2c1. The average molecular weight is 731 g/mol. The van der Waals surface area contributed by atoms with Crippen molar-refractivity contribution in [2.75, 3.05) is 0 Å². The molecule has 0 aliphatic heterocycles. The zero-order chi connectivity index (χ0) is 37.8. The van der Waals surface area contributed by atoms with Gasteiger partial charge in [-0.2, -0.15) is 0 Å². The van der Waals surface area contributed by atoms with Crippen LogP contribution in [0.1, 0.15) is 26.3 Å². The number of pyridine rings is 2. The highest BCUT2D eigenvalue weighted by atomic mass is 16.5. The highest BCUT2D eigenvalue weighted by Crippen LogP contribution is 2.46. The van der Waals surface area contributed by atoms with Crippen LogP contribution >= 0.6 is 0 Å². The van der Waals surface area contributed by atoms with E-state index in [2.05, 4.69) is 111 Å². The number of para-hydroxylation sites is 2. The molecular weight excluding hydrogens is 697 g/mol.